The standard InChI is InChI=1S/C25H26N4O/c1-30-24-10-9-20(14-26-24)23-16-28-25-22(23)13-21(15-27-25)19-7-5-18(6-8-19)17-29-11-3-2-4-12-29/h5-10,13-16H,2-4,11-12,17H2,1H3,(H,27,28). The van der Waals surface area contributed by atoms with Gasteiger partial charge < -0.3 is 9.72 Å². The molecule has 3 aromatic heterocycles. The van der Waals surface area contributed by atoms with E-state index in [1.54, 1.807) is 7.11 Å². The Kier molecular flexibility index (Phi) is 5.20. The Bertz CT molecular complexity index is 1130. The fourth-order valence-corrected chi connectivity index (χ4v) is 4.24. The second kappa shape index (κ2) is 8.28. The molecular weight excluding hydrogens is 372 g/mol. The Hall–Kier alpha value is -3.18. The Balaban J connectivity index is 1.41. The number of aromatic nitrogens is 3. The molecule has 0 radical (unpaired) electrons. The topological polar surface area (TPSA) is 54.0 Å². The molecule has 5 heteroatoms. The predicted octanol–water partition coefficient (Wildman–Crippen LogP) is 5.29. The lowest BCUT2D eigenvalue weighted by atomic mass is 10.0. The minimum atomic E-state index is 0.613. The summed E-state index contributed by atoms with van der Waals surface area (Å²) >= 11 is 0. The van der Waals surface area contributed by atoms with Gasteiger partial charge in [0.15, 0.2) is 0 Å². The molecule has 4 aromatic rings. The van der Waals surface area contributed by atoms with Crippen LogP contribution < -0.4 is 4.74 Å². The van der Waals surface area contributed by atoms with Gasteiger partial charge >= 0.3 is 0 Å². The van der Waals surface area contributed by atoms with Crippen molar-refractivity contribution in [2.24, 2.45) is 0 Å². The molecule has 0 saturated carbocycles. The first kappa shape index (κ1) is 18.8. The van der Waals surface area contributed by atoms with Gasteiger partial charge in [0.2, 0.25) is 5.88 Å². The number of fused-ring (bicyclic) bond motifs is 1. The summed E-state index contributed by atoms with van der Waals surface area (Å²) in [6, 6.07) is 15.0. The number of pyridine rings is 2. The van der Waals surface area contributed by atoms with Gasteiger partial charge in [-0.25, -0.2) is 9.97 Å². The summed E-state index contributed by atoms with van der Waals surface area (Å²) in [5.74, 6) is 0.613. The fourth-order valence-electron chi connectivity index (χ4n) is 4.24. The van der Waals surface area contributed by atoms with E-state index in [0.717, 1.165) is 34.3 Å². The molecule has 0 amide bonds. The Morgan fingerprint density at radius 1 is 0.900 bits per heavy atom. The summed E-state index contributed by atoms with van der Waals surface area (Å²) in [4.78, 5) is 14.8. The maximum atomic E-state index is 5.17. The number of ether oxygens (including phenoxy) is 1. The highest BCUT2D eigenvalue weighted by atomic mass is 16.5. The van der Waals surface area contributed by atoms with Gasteiger partial charge in [-0.15, -0.1) is 0 Å². The van der Waals surface area contributed by atoms with Crippen LogP contribution in [-0.4, -0.2) is 40.1 Å². The van der Waals surface area contributed by atoms with Crippen molar-refractivity contribution >= 4 is 11.0 Å². The second-order valence-corrected chi connectivity index (χ2v) is 7.95. The molecule has 0 unspecified atom stereocenters. The molecule has 0 bridgehead atoms. The van der Waals surface area contributed by atoms with Crippen molar-refractivity contribution in [3.8, 4) is 28.1 Å². The maximum Gasteiger partial charge on any atom is 0.212 e. The van der Waals surface area contributed by atoms with E-state index in [1.165, 1.54) is 43.5 Å². The third kappa shape index (κ3) is 3.81. The third-order valence-electron chi connectivity index (χ3n) is 5.93. The average molecular weight is 399 g/mol. The maximum absolute atomic E-state index is 5.17. The smallest absolute Gasteiger partial charge is 0.212 e. The molecule has 5 nitrogen and oxygen atoms in total. The quantitative estimate of drug-likeness (QED) is 0.496. The summed E-state index contributed by atoms with van der Waals surface area (Å²) in [5.41, 5.74) is 6.70. The van der Waals surface area contributed by atoms with E-state index in [4.69, 9.17) is 4.74 Å². The number of nitrogens with zero attached hydrogens (tertiary/aromatic N) is 3. The van der Waals surface area contributed by atoms with E-state index in [0.29, 0.717) is 5.88 Å². The molecule has 1 fully saturated rings. The van der Waals surface area contributed by atoms with Crippen molar-refractivity contribution in [3.05, 3.63) is 66.6 Å². The van der Waals surface area contributed by atoms with E-state index in [2.05, 4.69) is 50.2 Å². The number of aromatic amines is 1. The number of rotatable bonds is 5. The SMILES string of the molecule is COc1ccc(-c2c[nH]c3ncc(-c4ccc(CN5CCCCC5)cc4)cc23)cn1. The number of hydrogen-bond donors (Lipinski definition) is 1. The first-order valence-electron chi connectivity index (χ1n) is 10.6. The summed E-state index contributed by atoms with van der Waals surface area (Å²) in [7, 11) is 1.63. The van der Waals surface area contributed by atoms with E-state index in [1.807, 2.05) is 30.7 Å². The lowest BCUT2D eigenvalue weighted by Crippen LogP contribution is -2.28. The molecule has 0 atom stereocenters. The van der Waals surface area contributed by atoms with Crippen LogP contribution in [0.15, 0.2) is 61.1 Å². The first-order chi connectivity index (χ1) is 14.8. The molecule has 1 aliphatic heterocycles. The molecule has 0 aliphatic carbocycles. The Labute approximate surface area is 176 Å². The molecule has 0 spiro atoms. The van der Waals surface area contributed by atoms with E-state index in [-0.39, 0.29) is 0 Å². The van der Waals surface area contributed by atoms with Gasteiger partial charge in [-0.1, -0.05) is 30.7 Å². The van der Waals surface area contributed by atoms with Gasteiger partial charge in [0.1, 0.15) is 5.65 Å². The molecule has 1 aromatic carbocycles. The number of hydrogen-bond acceptors (Lipinski definition) is 4. The first-order valence-corrected chi connectivity index (χ1v) is 10.6. The van der Waals surface area contributed by atoms with Crippen LogP contribution in [0.4, 0.5) is 0 Å². The summed E-state index contributed by atoms with van der Waals surface area (Å²) in [6.07, 6.45) is 9.79. The van der Waals surface area contributed by atoms with Crippen molar-refractivity contribution < 1.29 is 4.74 Å². The minimum absolute atomic E-state index is 0.613. The second-order valence-electron chi connectivity index (χ2n) is 7.95. The molecule has 30 heavy (non-hydrogen) atoms. The van der Waals surface area contributed by atoms with Crippen LogP contribution in [0.1, 0.15) is 24.8 Å². The zero-order valence-corrected chi connectivity index (χ0v) is 17.3. The van der Waals surface area contributed by atoms with Gasteiger partial charge in [-0.2, -0.15) is 0 Å². The van der Waals surface area contributed by atoms with Crippen LogP contribution in [0.5, 0.6) is 5.88 Å². The largest absolute Gasteiger partial charge is 0.481 e. The molecule has 1 aliphatic rings. The molecular formula is C25H26N4O. The fraction of sp³-hybridized carbons (Fsp3) is 0.280. The van der Waals surface area contributed by atoms with Crippen LogP contribution in [0, 0.1) is 0 Å². The summed E-state index contributed by atoms with van der Waals surface area (Å²) < 4.78 is 5.17. The monoisotopic (exact) mass is 398 g/mol. The lowest BCUT2D eigenvalue weighted by molar-refractivity contribution is 0.221. The van der Waals surface area contributed by atoms with Crippen molar-refractivity contribution in [2.75, 3.05) is 20.2 Å². The lowest BCUT2D eigenvalue weighted by Gasteiger charge is -2.26. The van der Waals surface area contributed by atoms with Crippen LogP contribution >= 0.6 is 0 Å². The van der Waals surface area contributed by atoms with Crippen LogP contribution in [-0.2, 0) is 6.54 Å². The van der Waals surface area contributed by atoms with E-state index >= 15 is 0 Å². The minimum Gasteiger partial charge on any atom is -0.481 e. The van der Waals surface area contributed by atoms with Crippen LogP contribution in [0.2, 0.25) is 0 Å². The van der Waals surface area contributed by atoms with Crippen LogP contribution in [0.3, 0.4) is 0 Å². The highest BCUT2D eigenvalue weighted by molar-refractivity contribution is 5.95. The number of nitrogens with one attached hydrogen (secondary N) is 1. The van der Waals surface area contributed by atoms with E-state index < -0.39 is 0 Å². The Morgan fingerprint density at radius 3 is 2.40 bits per heavy atom. The molecule has 152 valence electrons. The van der Waals surface area contributed by atoms with Gasteiger partial charge in [-0.3, -0.25) is 4.90 Å². The van der Waals surface area contributed by atoms with Gasteiger partial charge in [-0.05, 0) is 49.2 Å². The highest BCUT2D eigenvalue weighted by Crippen LogP contribution is 2.31. The molecule has 5 rings (SSSR count). The van der Waals surface area contributed by atoms with Crippen molar-refractivity contribution in [3.63, 3.8) is 0 Å². The predicted molar refractivity (Wildman–Crippen MR) is 120 cm³/mol. The Morgan fingerprint density at radius 2 is 1.67 bits per heavy atom. The zero-order valence-electron chi connectivity index (χ0n) is 17.3. The van der Waals surface area contributed by atoms with Gasteiger partial charge in [0.05, 0.1) is 7.11 Å². The summed E-state index contributed by atoms with van der Waals surface area (Å²) in [5, 5.41) is 1.09. The zero-order chi connectivity index (χ0) is 20.3. The molecule has 4 heterocycles. The van der Waals surface area contributed by atoms with Crippen molar-refractivity contribution in [2.45, 2.75) is 25.8 Å². The molecule has 1 saturated heterocycles. The number of H-pyrrole nitrogens is 1. The number of methoxy groups -OCH3 is 1. The van der Waals surface area contributed by atoms with Crippen molar-refractivity contribution in [1.82, 2.24) is 19.9 Å². The number of benzene rings is 1. The van der Waals surface area contributed by atoms with Gasteiger partial charge in [0.25, 0.3) is 0 Å². The molecule has 1 N–H and O–H groups in total. The van der Waals surface area contributed by atoms with E-state index in [9.17, 15) is 0 Å². The van der Waals surface area contributed by atoms with Gasteiger partial charge in [0, 0.05) is 53.3 Å². The number of piperidine rings is 1. The summed E-state index contributed by atoms with van der Waals surface area (Å²) in [6.45, 7) is 3.49. The van der Waals surface area contributed by atoms with Crippen LogP contribution in [0.25, 0.3) is 33.3 Å². The highest BCUT2D eigenvalue weighted by Gasteiger charge is 2.12. The average Bonchev–Trinajstić information content (AvgIpc) is 3.24. The third-order valence-corrected chi connectivity index (χ3v) is 5.93. The number of likely N-dealkylation sites (tertiary alicyclic amines) is 1. The van der Waals surface area contributed by atoms with Crippen molar-refractivity contribution in [1.29, 1.82) is 0 Å². The normalized spacial score (nSPS) is 14.8.